The molecule has 0 amide bonds. The first-order valence-electron chi connectivity index (χ1n) is 18.5. The number of anilines is 2. The summed E-state index contributed by atoms with van der Waals surface area (Å²) in [5.74, 6) is 3.21. The number of piperidine rings is 2. The van der Waals surface area contributed by atoms with Gasteiger partial charge in [-0.25, -0.2) is 8.42 Å². The Balaban J connectivity index is 0.000000184. The van der Waals surface area contributed by atoms with Crippen molar-refractivity contribution in [3.8, 4) is 0 Å². The Bertz CT molecular complexity index is 1370. The normalized spacial score (nSPS) is 29.9. The molecule has 3 N–H and O–H groups in total. The minimum absolute atomic E-state index is 0.259. The average Bonchev–Trinajstić information content (AvgIpc) is 3.61. The lowest BCUT2D eigenvalue weighted by molar-refractivity contribution is 0.263. The number of nitrogens with zero attached hydrogens (tertiary/aromatic N) is 2. The van der Waals surface area contributed by atoms with Crippen molar-refractivity contribution in [2.24, 2.45) is 23.7 Å². The lowest BCUT2D eigenvalue weighted by atomic mass is 9.87. The first kappa shape index (κ1) is 35.2. The summed E-state index contributed by atoms with van der Waals surface area (Å²) in [6.45, 7) is 16.7. The Labute approximate surface area is 280 Å². The summed E-state index contributed by atoms with van der Waals surface area (Å²) < 4.78 is 25.7. The van der Waals surface area contributed by atoms with Gasteiger partial charge in [-0.2, -0.15) is 0 Å². The zero-order valence-electron chi connectivity index (χ0n) is 29.4. The summed E-state index contributed by atoms with van der Waals surface area (Å²) >= 11 is 0. The zero-order chi connectivity index (χ0) is 33.0. The second-order valence-electron chi connectivity index (χ2n) is 14.9. The summed E-state index contributed by atoms with van der Waals surface area (Å²) in [6, 6.07) is 16.7. The van der Waals surface area contributed by atoms with Crippen LogP contribution in [-0.4, -0.2) is 63.7 Å². The number of sulfonamides is 1. The third-order valence-electron chi connectivity index (χ3n) is 12.2. The molecule has 0 bridgehead atoms. The van der Waals surface area contributed by atoms with E-state index in [9.17, 15) is 8.42 Å². The van der Waals surface area contributed by atoms with Crippen molar-refractivity contribution in [2.75, 3.05) is 56.0 Å². The van der Waals surface area contributed by atoms with Crippen LogP contribution in [0.4, 0.5) is 11.4 Å². The Kier molecular flexibility index (Phi) is 11.5. The number of nitrogens with two attached hydrogens (primary N) is 1. The Hall–Kier alpha value is -2.09. The number of unbranched alkanes of at least 4 members (excludes halogenated alkanes) is 6. The van der Waals surface area contributed by atoms with Crippen molar-refractivity contribution in [1.29, 1.82) is 0 Å². The van der Waals surface area contributed by atoms with Crippen LogP contribution in [0.15, 0.2) is 48.5 Å². The average molecular weight is 651 g/mol. The molecule has 4 aliphatic rings. The van der Waals surface area contributed by atoms with E-state index in [1.54, 1.807) is 0 Å². The van der Waals surface area contributed by atoms with Gasteiger partial charge >= 0.3 is 0 Å². The van der Waals surface area contributed by atoms with Crippen LogP contribution in [0.2, 0.25) is 0 Å². The minimum Gasteiger partial charge on any atom is -0.399 e. The van der Waals surface area contributed by atoms with Gasteiger partial charge in [-0.15, -0.1) is 0 Å². The number of hydrogen-bond donors (Lipinski definition) is 2. The van der Waals surface area contributed by atoms with E-state index < -0.39 is 10.0 Å². The minimum atomic E-state index is -3.23. The van der Waals surface area contributed by atoms with E-state index >= 15 is 0 Å². The first-order chi connectivity index (χ1) is 22.1. The summed E-state index contributed by atoms with van der Waals surface area (Å²) in [4.78, 5) is 5.34. The van der Waals surface area contributed by atoms with Crippen LogP contribution >= 0.6 is 0 Å². The Morgan fingerprint density at radius 3 is 1.57 bits per heavy atom. The molecule has 2 aliphatic heterocycles. The molecule has 2 heterocycles. The molecule has 2 aromatic carbocycles. The van der Waals surface area contributed by atoms with Crippen LogP contribution in [0.25, 0.3) is 0 Å². The van der Waals surface area contributed by atoms with Crippen molar-refractivity contribution in [1.82, 2.24) is 9.80 Å². The van der Waals surface area contributed by atoms with Gasteiger partial charge in [0.05, 0.1) is 6.26 Å². The largest absolute Gasteiger partial charge is 0.399 e. The maximum Gasteiger partial charge on any atom is 0.229 e. The topological polar surface area (TPSA) is 78.7 Å². The van der Waals surface area contributed by atoms with Crippen LogP contribution in [0.1, 0.15) is 103 Å². The molecule has 2 unspecified atom stereocenters. The third kappa shape index (κ3) is 7.47. The number of fused-ring (bicyclic) bond motifs is 2. The molecule has 2 aliphatic carbocycles. The number of likely N-dealkylation sites (tertiary alicyclic amines) is 2. The number of hydrogen-bond acceptors (Lipinski definition) is 5. The summed E-state index contributed by atoms with van der Waals surface area (Å²) in [6.07, 6.45) is 14.4. The number of benzene rings is 2. The fourth-order valence-electron chi connectivity index (χ4n) is 9.75. The Morgan fingerprint density at radius 1 is 0.696 bits per heavy atom. The molecular weight excluding hydrogens is 589 g/mol. The van der Waals surface area contributed by atoms with Gasteiger partial charge in [-0.3, -0.25) is 4.72 Å². The first-order valence-corrected chi connectivity index (χ1v) is 20.4. The van der Waals surface area contributed by atoms with E-state index in [1.165, 1.54) is 114 Å². The molecule has 0 aromatic heterocycles. The lowest BCUT2D eigenvalue weighted by Gasteiger charge is -2.26. The third-order valence-corrected chi connectivity index (χ3v) is 12.8. The van der Waals surface area contributed by atoms with Gasteiger partial charge in [0.15, 0.2) is 0 Å². The fourth-order valence-corrected chi connectivity index (χ4v) is 10.3. The van der Waals surface area contributed by atoms with Gasteiger partial charge in [-0.1, -0.05) is 90.5 Å². The molecule has 6 nitrogen and oxygen atoms in total. The van der Waals surface area contributed by atoms with Crippen LogP contribution in [-0.2, 0) is 20.9 Å². The fraction of sp³-hybridized carbons (Fsp3) is 0.692. The predicted molar refractivity (Wildman–Crippen MR) is 195 cm³/mol. The standard InChI is InChI=1S/C20H32N2O2S.C19H30N2/c1-4-6-7-8-12-22-14-18-19(15-22)20(18,5-2)16-10-9-11-17(13-16)21-25(3,23)24;1-3-5-6-7-11-21-13-17-18(14-21)19(17,4-2)15-9-8-10-16(20)12-15/h9-11,13,18-19,21H,4-8,12,14-15H2,1-3H3;8-10,12,17-18H,3-7,11,13-14,20H2,1-2H3/t18-,19+,20?;17-,18+,19?. The number of nitrogen functional groups attached to an aromatic ring is 1. The molecule has 2 saturated carbocycles. The van der Waals surface area contributed by atoms with Crippen molar-refractivity contribution in [3.05, 3.63) is 59.7 Å². The zero-order valence-corrected chi connectivity index (χ0v) is 30.3. The van der Waals surface area contributed by atoms with Crippen molar-refractivity contribution in [3.63, 3.8) is 0 Å². The lowest BCUT2D eigenvalue weighted by Crippen LogP contribution is -2.31. The van der Waals surface area contributed by atoms with Gasteiger partial charge in [0.25, 0.3) is 0 Å². The van der Waals surface area contributed by atoms with Gasteiger partial charge in [0, 0.05) is 48.4 Å². The molecule has 2 saturated heterocycles. The Morgan fingerprint density at radius 2 is 1.15 bits per heavy atom. The molecule has 256 valence electrons. The monoisotopic (exact) mass is 650 g/mol. The summed E-state index contributed by atoms with van der Waals surface area (Å²) in [7, 11) is -3.23. The maximum absolute atomic E-state index is 11.5. The van der Waals surface area contributed by atoms with Gasteiger partial charge < -0.3 is 15.5 Å². The van der Waals surface area contributed by atoms with Crippen LogP contribution in [0.3, 0.4) is 0 Å². The molecule has 2 aromatic rings. The maximum atomic E-state index is 11.5. The molecule has 7 heteroatoms. The van der Waals surface area contributed by atoms with Gasteiger partial charge in [0.2, 0.25) is 10.0 Å². The molecule has 0 spiro atoms. The molecule has 6 rings (SSSR count). The predicted octanol–water partition coefficient (Wildman–Crippen LogP) is 7.91. The second kappa shape index (κ2) is 15.0. The number of nitrogens with one attached hydrogen (secondary N) is 1. The summed E-state index contributed by atoms with van der Waals surface area (Å²) in [5.41, 5.74) is 11.1. The highest BCUT2D eigenvalue weighted by Gasteiger charge is 2.68. The second-order valence-corrected chi connectivity index (χ2v) is 16.7. The number of rotatable bonds is 16. The molecule has 4 fully saturated rings. The van der Waals surface area contributed by atoms with Crippen LogP contribution in [0.5, 0.6) is 0 Å². The highest BCUT2D eigenvalue weighted by atomic mass is 32.2. The smallest absolute Gasteiger partial charge is 0.229 e. The van der Waals surface area contributed by atoms with Crippen LogP contribution < -0.4 is 10.5 Å². The molecular formula is C39H62N4O2S. The highest BCUT2D eigenvalue weighted by Crippen LogP contribution is 2.66. The van der Waals surface area contributed by atoms with E-state index in [4.69, 9.17) is 5.73 Å². The molecule has 0 radical (unpaired) electrons. The van der Waals surface area contributed by atoms with E-state index in [-0.39, 0.29) is 5.41 Å². The van der Waals surface area contributed by atoms with Crippen molar-refractivity contribution >= 4 is 21.4 Å². The van der Waals surface area contributed by atoms with Gasteiger partial charge in [0.1, 0.15) is 0 Å². The van der Waals surface area contributed by atoms with E-state index in [0.29, 0.717) is 11.1 Å². The van der Waals surface area contributed by atoms with E-state index in [0.717, 1.165) is 35.8 Å². The van der Waals surface area contributed by atoms with Crippen molar-refractivity contribution < 1.29 is 8.42 Å². The highest BCUT2D eigenvalue weighted by molar-refractivity contribution is 7.92. The SMILES string of the molecule is CCCCCCN1C[C@@H]2[C@H](C1)C2(CC)c1cccc(N)c1.CCCCCCN1C[C@@H]2[C@H](C1)C2(CC)c1cccc(NS(C)(=O)=O)c1. The summed E-state index contributed by atoms with van der Waals surface area (Å²) in [5, 5.41) is 0. The van der Waals surface area contributed by atoms with Crippen LogP contribution in [0, 0.1) is 23.7 Å². The molecule has 46 heavy (non-hydrogen) atoms. The quantitative estimate of drug-likeness (QED) is 0.143. The van der Waals surface area contributed by atoms with Crippen molar-refractivity contribution in [2.45, 2.75) is 103 Å². The van der Waals surface area contributed by atoms with E-state index in [1.807, 2.05) is 18.2 Å². The molecule has 6 atom stereocenters. The van der Waals surface area contributed by atoms with E-state index in [2.05, 4.69) is 72.5 Å². The van der Waals surface area contributed by atoms with Gasteiger partial charge in [-0.05, 0) is 97.8 Å².